The molecule has 0 fully saturated rings. The van der Waals surface area contributed by atoms with E-state index in [4.69, 9.17) is 4.74 Å². The fourth-order valence-corrected chi connectivity index (χ4v) is 2.11. The molecule has 2 aromatic carbocycles. The summed E-state index contributed by atoms with van der Waals surface area (Å²) in [7, 11) is 0. The molecule has 0 radical (unpaired) electrons. The molecule has 0 aliphatic carbocycles. The molecule has 0 heterocycles. The molecule has 0 amide bonds. The van der Waals surface area contributed by atoms with Gasteiger partial charge in [-0.2, -0.15) is 0 Å². The first kappa shape index (κ1) is 15.6. The Labute approximate surface area is 128 Å². The first-order valence-corrected chi connectivity index (χ1v) is 7.64. The van der Waals surface area contributed by atoms with E-state index >= 15 is 0 Å². The molecule has 0 aromatic heterocycles. The van der Waals surface area contributed by atoms with E-state index in [-0.39, 0.29) is 0 Å². The first-order chi connectivity index (χ1) is 10.0. The summed E-state index contributed by atoms with van der Waals surface area (Å²) in [6.45, 7) is 9.55. The quantitative estimate of drug-likeness (QED) is 0.796. The highest BCUT2D eigenvalue weighted by Crippen LogP contribution is 2.25. The van der Waals surface area contributed by atoms with Crippen LogP contribution in [-0.2, 0) is 6.54 Å². The van der Waals surface area contributed by atoms with Crippen LogP contribution in [0.15, 0.2) is 48.5 Å². The Hall–Kier alpha value is -1.80. The molecule has 112 valence electrons. The number of hydrogen-bond acceptors (Lipinski definition) is 2. The van der Waals surface area contributed by atoms with E-state index in [1.165, 1.54) is 11.1 Å². The molecule has 0 unspecified atom stereocenters. The lowest BCUT2D eigenvalue weighted by Gasteiger charge is -2.12. The van der Waals surface area contributed by atoms with Gasteiger partial charge in [-0.05, 0) is 41.3 Å². The van der Waals surface area contributed by atoms with Gasteiger partial charge in [-0.25, -0.2) is 0 Å². The maximum absolute atomic E-state index is 5.99. The summed E-state index contributed by atoms with van der Waals surface area (Å²) in [5.41, 5.74) is 2.53. The van der Waals surface area contributed by atoms with Crippen molar-refractivity contribution < 1.29 is 4.74 Å². The molecule has 2 aromatic rings. The summed E-state index contributed by atoms with van der Waals surface area (Å²) < 4.78 is 5.99. The van der Waals surface area contributed by atoms with E-state index in [9.17, 15) is 0 Å². The topological polar surface area (TPSA) is 21.3 Å². The van der Waals surface area contributed by atoms with Gasteiger partial charge in [0.25, 0.3) is 0 Å². The molecule has 0 aliphatic rings. The maximum Gasteiger partial charge on any atom is 0.127 e. The normalized spacial score (nSPS) is 11.1. The van der Waals surface area contributed by atoms with Gasteiger partial charge in [0, 0.05) is 12.6 Å². The number of ether oxygens (including phenoxy) is 1. The Morgan fingerprint density at radius 1 is 0.905 bits per heavy atom. The van der Waals surface area contributed by atoms with Crippen molar-refractivity contribution >= 4 is 0 Å². The van der Waals surface area contributed by atoms with Gasteiger partial charge in [0.15, 0.2) is 0 Å². The highest BCUT2D eigenvalue weighted by Gasteiger charge is 2.03. The van der Waals surface area contributed by atoms with Gasteiger partial charge in [-0.1, -0.05) is 52.0 Å². The fourth-order valence-electron chi connectivity index (χ4n) is 2.11. The molecular weight excluding hydrogens is 258 g/mol. The minimum atomic E-state index is 0.484. The van der Waals surface area contributed by atoms with Crippen LogP contribution < -0.4 is 10.1 Å². The van der Waals surface area contributed by atoms with Gasteiger partial charge in [0.2, 0.25) is 0 Å². The van der Waals surface area contributed by atoms with Crippen LogP contribution in [0.2, 0.25) is 0 Å². The van der Waals surface area contributed by atoms with Crippen LogP contribution in [0.25, 0.3) is 0 Å². The average molecular weight is 283 g/mol. The zero-order valence-corrected chi connectivity index (χ0v) is 13.4. The van der Waals surface area contributed by atoms with E-state index in [1.807, 2.05) is 18.2 Å². The number of hydrogen-bond donors (Lipinski definition) is 1. The second kappa shape index (κ2) is 7.28. The van der Waals surface area contributed by atoms with E-state index in [2.05, 4.69) is 63.3 Å². The van der Waals surface area contributed by atoms with Gasteiger partial charge in [0.1, 0.15) is 11.5 Å². The minimum Gasteiger partial charge on any atom is -0.457 e. The third-order valence-electron chi connectivity index (χ3n) is 3.37. The van der Waals surface area contributed by atoms with E-state index in [0.29, 0.717) is 12.0 Å². The average Bonchev–Trinajstić information content (AvgIpc) is 2.46. The molecular formula is C19H25NO. The van der Waals surface area contributed by atoms with Crippen LogP contribution in [0.4, 0.5) is 0 Å². The third kappa shape index (κ3) is 4.91. The predicted molar refractivity (Wildman–Crippen MR) is 89.0 cm³/mol. The molecule has 0 spiro atoms. The molecule has 2 nitrogen and oxygen atoms in total. The second-order valence-electron chi connectivity index (χ2n) is 6.01. The van der Waals surface area contributed by atoms with Crippen LogP contribution in [0.3, 0.4) is 0 Å². The maximum atomic E-state index is 5.99. The molecule has 1 N–H and O–H groups in total. The van der Waals surface area contributed by atoms with Gasteiger partial charge < -0.3 is 10.1 Å². The Kier molecular flexibility index (Phi) is 5.40. The van der Waals surface area contributed by atoms with Crippen molar-refractivity contribution in [3.8, 4) is 11.5 Å². The van der Waals surface area contributed by atoms with Crippen molar-refractivity contribution in [3.63, 3.8) is 0 Å². The summed E-state index contributed by atoms with van der Waals surface area (Å²) in [5, 5.41) is 3.42. The Morgan fingerprint density at radius 2 is 1.57 bits per heavy atom. The molecule has 0 saturated heterocycles. The van der Waals surface area contributed by atoms with Crippen molar-refractivity contribution in [2.75, 3.05) is 0 Å². The molecule has 0 aliphatic heterocycles. The highest BCUT2D eigenvalue weighted by molar-refractivity contribution is 5.36. The Balaban J connectivity index is 2.09. The SMILES string of the molecule is CC(C)NCc1cccc(Oc2cccc(C(C)C)c2)c1. The standard InChI is InChI=1S/C19H25NO/c1-14(2)17-8-6-10-19(12-17)21-18-9-5-7-16(11-18)13-20-15(3)4/h5-12,14-15,20H,13H2,1-4H3. The minimum absolute atomic E-state index is 0.484. The van der Waals surface area contributed by atoms with Crippen LogP contribution in [-0.4, -0.2) is 6.04 Å². The third-order valence-corrected chi connectivity index (χ3v) is 3.37. The molecule has 21 heavy (non-hydrogen) atoms. The monoisotopic (exact) mass is 283 g/mol. The predicted octanol–water partition coefficient (Wildman–Crippen LogP) is 5.10. The number of benzene rings is 2. The van der Waals surface area contributed by atoms with E-state index in [0.717, 1.165) is 18.0 Å². The van der Waals surface area contributed by atoms with Crippen molar-refractivity contribution in [1.82, 2.24) is 5.32 Å². The lowest BCUT2D eigenvalue weighted by Crippen LogP contribution is -2.21. The Morgan fingerprint density at radius 3 is 2.24 bits per heavy atom. The number of nitrogens with one attached hydrogen (secondary N) is 1. The van der Waals surface area contributed by atoms with Crippen LogP contribution in [0.1, 0.15) is 44.7 Å². The summed E-state index contributed by atoms with van der Waals surface area (Å²) >= 11 is 0. The first-order valence-electron chi connectivity index (χ1n) is 7.64. The van der Waals surface area contributed by atoms with Crippen molar-refractivity contribution in [3.05, 3.63) is 59.7 Å². The lowest BCUT2D eigenvalue weighted by molar-refractivity contribution is 0.480. The van der Waals surface area contributed by atoms with Gasteiger partial charge in [-0.15, -0.1) is 0 Å². The second-order valence-corrected chi connectivity index (χ2v) is 6.01. The summed E-state index contributed by atoms with van der Waals surface area (Å²) in [6, 6.07) is 17.0. The highest BCUT2D eigenvalue weighted by atomic mass is 16.5. The largest absolute Gasteiger partial charge is 0.457 e. The lowest BCUT2D eigenvalue weighted by atomic mass is 10.0. The molecule has 0 saturated carbocycles. The Bertz CT molecular complexity index is 575. The van der Waals surface area contributed by atoms with E-state index in [1.54, 1.807) is 0 Å². The zero-order chi connectivity index (χ0) is 15.2. The zero-order valence-electron chi connectivity index (χ0n) is 13.4. The molecule has 0 bridgehead atoms. The summed E-state index contributed by atoms with van der Waals surface area (Å²) in [5.74, 6) is 2.30. The van der Waals surface area contributed by atoms with Gasteiger partial charge >= 0.3 is 0 Å². The number of rotatable bonds is 6. The van der Waals surface area contributed by atoms with Crippen LogP contribution in [0, 0.1) is 0 Å². The summed E-state index contributed by atoms with van der Waals surface area (Å²) in [6.07, 6.45) is 0. The molecule has 0 atom stereocenters. The van der Waals surface area contributed by atoms with Crippen molar-refractivity contribution in [1.29, 1.82) is 0 Å². The van der Waals surface area contributed by atoms with Crippen molar-refractivity contribution in [2.24, 2.45) is 0 Å². The van der Waals surface area contributed by atoms with Gasteiger partial charge in [-0.3, -0.25) is 0 Å². The smallest absolute Gasteiger partial charge is 0.127 e. The summed E-state index contributed by atoms with van der Waals surface area (Å²) in [4.78, 5) is 0. The van der Waals surface area contributed by atoms with Crippen molar-refractivity contribution in [2.45, 2.75) is 46.2 Å². The van der Waals surface area contributed by atoms with Gasteiger partial charge in [0.05, 0.1) is 0 Å². The molecule has 2 heteroatoms. The van der Waals surface area contributed by atoms with Crippen LogP contribution in [0.5, 0.6) is 11.5 Å². The van der Waals surface area contributed by atoms with Crippen LogP contribution >= 0.6 is 0 Å². The fraction of sp³-hybridized carbons (Fsp3) is 0.368. The van der Waals surface area contributed by atoms with E-state index < -0.39 is 0 Å². The molecule has 2 rings (SSSR count).